The summed E-state index contributed by atoms with van der Waals surface area (Å²) in [5.74, 6) is -1.96. The maximum Gasteiger partial charge on any atom is 0.336 e. The van der Waals surface area contributed by atoms with Gasteiger partial charge in [0.05, 0.1) is 11.1 Å². The van der Waals surface area contributed by atoms with E-state index in [9.17, 15) is 9.18 Å². The van der Waals surface area contributed by atoms with Gasteiger partial charge in [-0.1, -0.05) is 0 Å². The molecule has 0 aliphatic rings. The van der Waals surface area contributed by atoms with Gasteiger partial charge in [-0.05, 0) is 19.1 Å². The lowest BCUT2D eigenvalue weighted by Crippen LogP contribution is -2.02. The molecule has 0 saturated carbocycles. The van der Waals surface area contributed by atoms with Crippen LogP contribution in [0.4, 0.5) is 4.39 Å². The van der Waals surface area contributed by atoms with Crippen molar-refractivity contribution in [1.29, 1.82) is 5.26 Å². The first-order chi connectivity index (χ1) is 6.07. The van der Waals surface area contributed by atoms with Crippen LogP contribution in [0.5, 0.6) is 0 Å². The third-order valence-corrected chi connectivity index (χ3v) is 1.74. The monoisotopic (exact) mass is 179 g/mol. The fourth-order valence-electron chi connectivity index (χ4n) is 1.00. The second kappa shape index (κ2) is 3.23. The number of benzene rings is 1. The van der Waals surface area contributed by atoms with Crippen molar-refractivity contribution < 1.29 is 14.3 Å². The van der Waals surface area contributed by atoms with Gasteiger partial charge in [-0.15, -0.1) is 0 Å². The van der Waals surface area contributed by atoms with Gasteiger partial charge in [-0.3, -0.25) is 0 Å². The van der Waals surface area contributed by atoms with E-state index in [4.69, 9.17) is 10.4 Å². The quantitative estimate of drug-likeness (QED) is 0.713. The van der Waals surface area contributed by atoms with Gasteiger partial charge >= 0.3 is 5.97 Å². The molecular formula is C9H6FNO2. The molecule has 0 bridgehead atoms. The topological polar surface area (TPSA) is 61.1 Å². The lowest BCUT2D eigenvalue weighted by atomic mass is 10.0. The molecule has 0 aliphatic heterocycles. The normalized spacial score (nSPS) is 9.31. The van der Waals surface area contributed by atoms with Crippen LogP contribution in [0, 0.1) is 24.1 Å². The van der Waals surface area contributed by atoms with Crippen LogP contribution in [-0.4, -0.2) is 11.1 Å². The number of nitriles is 1. The maximum atomic E-state index is 13.1. The first-order valence-electron chi connectivity index (χ1n) is 3.50. The smallest absolute Gasteiger partial charge is 0.336 e. The molecule has 1 aromatic rings. The molecule has 0 spiro atoms. The second-order valence-electron chi connectivity index (χ2n) is 2.52. The van der Waals surface area contributed by atoms with Crippen LogP contribution in [0.15, 0.2) is 12.1 Å². The molecule has 3 nitrogen and oxygen atoms in total. The highest BCUT2D eigenvalue weighted by atomic mass is 19.1. The average Bonchev–Trinajstić information content (AvgIpc) is 2.09. The summed E-state index contributed by atoms with van der Waals surface area (Å²) in [6.07, 6.45) is 0. The number of carboxylic acid groups (broad SMARTS) is 1. The van der Waals surface area contributed by atoms with Gasteiger partial charge in [0, 0.05) is 5.56 Å². The zero-order valence-electron chi connectivity index (χ0n) is 6.84. The minimum atomic E-state index is -1.19. The van der Waals surface area contributed by atoms with E-state index in [0.29, 0.717) is 0 Å². The van der Waals surface area contributed by atoms with Crippen LogP contribution in [0.25, 0.3) is 0 Å². The van der Waals surface area contributed by atoms with Crippen molar-refractivity contribution in [2.75, 3.05) is 0 Å². The summed E-state index contributed by atoms with van der Waals surface area (Å²) >= 11 is 0. The van der Waals surface area contributed by atoms with Crippen LogP contribution in [0.2, 0.25) is 0 Å². The van der Waals surface area contributed by atoms with E-state index in [0.717, 1.165) is 6.07 Å². The van der Waals surface area contributed by atoms with Gasteiger partial charge in [-0.2, -0.15) is 5.26 Å². The van der Waals surface area contributed by atoms with Gasteiger partial charge in [0.25, 0.3) is 0 Å². The summed E-state index contributed by atoms with van der Waals surface area (Å²) in [5, 5.41) is 17.0. The van der Waals surface area contributed by atoms with E-state index < -0.39 is 11.8 Å². The van der Waals surface area contributed by atoms with Crippen molar-refractivity contribution >= 4 is 5.97 Å². The number of carbonyl (C=O) groups is 1. The van der Waals surface area contributed by atoms with Gasteiger partial charge in [0.15, 0.2) is 0 Å². The van der Waals surface area contributed by atoms with E-state index >= 15 is 0 Å². The third kappa shape index (κ3) is 1.49. The van der Waals surface area contributed by atoms with Crippen LogP contribution in [0.3, 0.4) is 0 Å². The van der Waals surface area contributed by atoms with E-state index in [1.165, 1.54) is 13.0 Å². The molecule has 1 N–H and O–H groups in total. The minimum Gasteiger partial charge on any atom is -0.478 e. The van der Waals surface area contributed by atoms with E-state index in [1.54, 1.807) is 6.07 Å². The van der Waals surface area contributed by atoms with Crippen LogP contribution in [-0.2, 0) is 0 Å². The summed E-state index contributed by atoms with van der Waals surface area (Å²) in [7, 11) is 0. The average molecular weight is 179 g/mol. The van der Waals surface area contributed by atoms with Crippen LogP contribution < -0.4 is 0 Å². The molecule has 0 amide bonds. The number of hydrogen-bond acceptors (Lipinski definition) is 2. The number of nitrogens with zero attached hydrogens (tertiary/aromatic N) is 1. The molecule has 0 saturated heterocycles. The third-order valence-electron chi connectivity index (χ3n) is 1.74. The first-order valence-corrected chi connectivity index (χ1v) is 3.50. The van der Waals surface area contributed by atoms with Crippen molar-refractivity contribution in [3.05, 3.63) is 34.6 Å². The highest BCUT2D eigenvalue weighted by Crippen LogP contribution is 2.16. The van der Waals surface area contributed by atoms with Crippen molar-refractivity contribution in [2.24, 2.45) is 0 Å². The number of hydrogen-bond donors (Lipinski definition) is 1. The van der Waals surface area contributed by atoms with Crippen molar-refractivity contribution in [1.82, 2.24) is 0 Å². The van der Waals surface area contributed by atoms with Crippen molar-refractivity contribution in [3.63, 3.8) is 0 Å². The molecular weight excluding hydrogens is 173 g/mol. The SMILES string of the molecule is Cc1c(C(=O)O)ccc(C#N)c1F. The standard InChI is InChI=1S/C9H6FNO2/c1-5-7(9(12)13)3-2-6(4-11)8(5)10/h2-3H,1H3,(H,12,13). The number of carboxylic acids is 1. The largest absolute Gasteiger partial charge is 0.478 e. The van der Waals surface area contributed by atoms with Crippen LogP contribution in [0.1, 0.15) is 21.5 Å². The second-order valence-corrected chi connectivity index (χ2v) is 2.52. The summed E-state index contributed by atoms with van der Waals surface area (Å²) in [4.78, 5) is 10.5. The van der Waals surface area contributed by atoms with Gasteiger partial charge in [-0.25, -0.2) is 9.18 Å². The Morgan fingerprint density at radius 1 is 1.62 bits per heavy atom. The molecule has 13 heavy (non-hydrogen) atoms. The van der Waals surface area contributed by atoms with E-state index in [1.807, 2.05) is 0 Å². The van der Waals surface area contributed by atoms with Crippen molar-refractivity contribution in [3.8, 4) is 6.07 Å². The molecule has 1 aromatic carbocycles. The summed E-state index contributed by atoms with van der Waals surface area (Å²) in [6.45, 7) is 1.33. The zero-order chi connectivity index (χ0) is 10.0. The molecule has 0 unspecified atom stereocenters. The van der Waals surface area contributed by atoms with E-state index in [-0.39, 0.29) is 16.7 Å². The molecule has 1 rings (SSSR count). The molecule has 0 aliphatic carbocycles. The summed E-state index contributed by atoms with van der Waals surface area (Å²) < 4.78 is 13.1. The van der Waals surface area contributed by atoms with E-state index in [2.05, 4.69) is 0 Å². The Labute approximate surface area is 74.0 Å². The van der Waals surface area contributed by atoms with Gasteiger partial charge in [0.1, 0.15) is 11.9 Å². The zero-order valence-corrected chi connectivity index (χ0v) is 6.84. The highest BCUT2D eigenvalue weighted by Gasteiger charge is 2.13. The maximum absolute atomic E-state index is 13.1. The summed E-state index contributed by atoms with van der Waals surface area (Å²) in [5.41, 5.74) is -0.259. The Morgan fingerprint density at radius 3 is 2.69 bits per heavy atom. The van der Waals surface area contributed by atoms with Crippen LogP contribution >= 0.6 is 0 Å². The Balaban J connectivity index is 3.42. The Morgan fingerprint density at radius 2 is 2.23 bits per heavy atom. The molecule has 0 aromatic heterocycles. The van der Waals surface area contributed by atoms with Crippen molar-refractivity contribution in [2.45, 2.75) is 6.92 Å². The van der Waals surface area contributed by atoms with Gasteiger partial charge < -0.3 is 5.11 Å². The fraction of sp³-hybridized carbons (Fsp3) is 0.111. The van der Waals surface area contributed by atoms with Gasteiger partial charge in [0.2, 0.25) is 0 Å². The fourth-order valence-corrected chi connectivity index (χ4v) is 1.00. The molecule has 0 radical (unpaired) electrons. The molecule has 0 fully saturated rings. The minimum absolute atomic E-state index is 0.00782. The highest BCUT2D eigenvalue weighted by molar-refractivity contribution is 5.89. The number of halogens is 1. The molecule has 0 heterocycles. The predicted molar refractivity (Wildman–Crippen MR) is 42.8 cm³/mol. The molecule has 0 atom stereocenters. The Bertz CT molecular complexity index is 407. The lowest BCUT2D eigenvalue weighted by Gasteiger charge is -2.02. The Hall–Kier alpha value is -1.89. The number of rotatable bonds is 1. The predicted octanol–water partition coefficient (Wildman–Crippen LogP) is 1.70. The number of aromatic carboxylic acids is 1. The Kier molecular flexibility index (Phi) is 2.29. The summed E-state index contributed by atoms with van der Waals surface area (Å²) in [6, 6.07) is 4.01. The molecule has 4 heteroatoms. The lowest BCUT2D eigenvalue weighted by molar-refractivity contribution is 0.0695. The first kappa shape index (κ1) is 9.20. The molecule has 66 valence electrons.